The van der Waals surface area contributed by atoms with Crippen molar-refractivity contribution in [1.29, 1.82) is 0 Å². The van der Waals surface area contributed by atoms with Crippen LogP contribution in [0.5, 0.6) is 0 Å². The molecule has 2 heterocycles. The van der Waals surface area contributed by atoms with Gasteiger partial charge in [-0.15, -0.1) is 11.3 Å². The Labute approximate surface area is 198 Å². The van der Waals surface area contributed by atoms with Crippen LogP contribution in [0.15, 0.2) is 59.3 Å². The summed E-state index contributed by atoms with van der Waals surface area (Å²) in [6.45, 7) is 3.63. The minimum atomic E-state index is -1.02. The lowest BCUT2D eigenvalue weighted by Gasteiger charge is -2.23. The predicted octanol–water partition coefficient (Wildman–Crippen LogP) is 6.42. The fourth-order valence-corrected chi connectivity index (χ4v) is 4.20. The molecule has 0 radical (unpaired) electrons. The van der Waals surface area contributed by atoms with Crippen molar-refractivity contribution in [1.82, 2.24) is 10.1 Å². The highest BCUT2D eigenvalue weighted by atomic mass is 35.5. The maximum absolute atomic E-state index is 12.9. The van der Waals surface area contributed by atoms with Gasteiger partial charge < -0.3 is 14.4 Å². The number of amides is 1. The lowest BCUT2D eigenvalue weighted by molar-refractivity contribution is 0.0702. The minimum absolute atomic E-state index is 0.159. The van der Waals surface area contributed by atoms with Crippen molar-refractivity contribution < 1.29 is 24.0 Å². The van der Waals surface area contributed by atoms with Gasteiger partial charge in [0.15, 0.2) is 5.76 Å². The van der Waals surface area contributed by atoms with E-state index in [1.165, 1.54) is 11.1 Å². The summed E-state index contributed by atoms with van der Waals surface area (Å²) in [5.74, 6) is -0.659. The van der Waals surface area contributed by atoms with Gasteiger partial charge in [-0.25, -0.2) is 19.5 Å². The minimum Gasteiger partial charge on any atom is -0.477 e. The second-order valence-electron chi connectivity index (χ2n) is 6.84. The molecule has 4 aromatic rings. The summed E-state index contributed by atoms with van der Waals surface area (Å²) in [6.07, 6.45) is 0.716. The molecule has 0 atom stereocenters. The molecule has 0 bridgehead atoms. The number of aromatic carboxylic acids is 1. The van der Waals surface area contributed by atoms with Gasteiger partial charge in [0.05, 0.1) is 23.5 Å². The summed E-state index contributed by atoms with van der Waals surface area (Å²) in [5.41, 5.74) is 2.74. The molecule has 0 aliphatic carbocycles. The first-order valence-corrected chi connectivity index (χ1v) is 11.1. The molecule has 8 nitrogen and oxygen atoms in total. The van der Waals surface area contributed by atoms with E-state index in [0.717, 1.165) is 16.9 Å². The molecule has 0 unspecified atom stereocenters. The molecule has 168 valence electrons. The molecule has 10 heteroatoms. The molecule has 0 saturated heterocycles. The van der Waals surface area contributed by atoms with Gasteiger partial charge in [0, 0.05) is 11.1 Å². The number of halogens is 1. The van der Waals surface area contributed by atoms with Crippen LogP contribution in [0.3, 0.4) is 0 Å². The van der Waals surface area contributed by atoms with Crippen molar-refractivity contribution in [2.45, 2.75) is 13.8 Å². The molecule has 1 amide bonds. The molecule has 0 aliphatic heterocycles. The number of nitrogens with zero attached hydrogens (tertiary/aromatic N) is 3. The number of hydrogen-bond donors (Lipinski definition) is 1. The SMILES string of the molecule is CCOC(=O)N(c1ccccc1Cl)c1c(C)noc1-c1ccc(-c2ncc(C(=O)O)s2)cc1. The standard InChI is InChI=1S/C23H18ClN3O5S/c1-3-31-23(30)27(17-7-5-4-6-16(17)24)19-13(2)26-32-20(19)14-8-10-15(11-9-14)21-25-12-18(33-21)22(28)29/h4-12H,3H2,1-2H3,(H,28,29). The van der Waals surface area contributed by atoms with Crippen LogP contribution in [0.2, 0.25) is 5.02 Å². The quantitative estimate of drug-likeness (QED) is 0.337. The summed E-state index contributed by atoms with van der Waals surface area (Å²) < 4.78 is 10.9. The molecule has 0 saturated carbocycles. The molecule has 0 spiro atoms. The average Bonchev–Trinajstić information content (AvgIpc) is 3.44. The van der Waals surface area contributed by atoms with E-state index in [0.29, 0.717) is 38.4 Å². The number of carbonyl (C=O) groups excluding carboxylic acids is 1. The number of para-hydroxylation sites is 1. The largest absolute Gasteiger partial charge is 0.477 e. The number of aryl methyl sites for hydroxylation is 1. The van der Waals surface area contributed by atoms with Gasteiger partial charge in [-0.05, 0) is 26.0 Å². The van der Waals surface area contributed by atoms with Gasteiger partial charge in [0.1, 0.15) is 21.3 Å². The second kappa shape index (κ2) is 9.43. The number of ether oxygens (including phenoxy) is 1. The first kappa shape index (κ1) is 22.5. The third-order valence-electron chi connectivity index (χ3n) is 4.71. The highest BCUT2D eigenvalue weighted by molar-refractivity contribution is 7.16. The summed E-state index contributed by atoms with van der Waals surface area (Å²) in [4.78, 5) is 29.8. The van der Waals surface area contributed by atoms with Gasteiger partial charge in [-0.1, -0.05) is 53.2 Å². The number of anilines is 2. The van der Waals surface area contributed by atoms with Crippen molar-refractivity contribution >= 4 is 46.4 Å². The fraction of sp³-hybridized carbons (Fsp3) is 0.130. The van der Waals surface area contributed by atoms with Gasteiger partial charge in [-0.3, -0.25) is 0 Å². The maximum Gasteiger partial charge on any atom is 0.419 e. The first-order valence-electron chi connectivity index (χ1n) is 9.88. The second-order valence-corrected chi connectivity index (χ2v) is 8.28. The van der Waals surface area contributed by atoms with Crippen molar-refractivity contribution in [3.8, 4) is 21.9 Å². The molecule has 0 fully saturated rings. The van der Waals surface area contributed by atoms with Crippen LogP contribution in [0, 0.1) is 6.92 Å². The van der Waals surface area contributed by atoms with Gasteiger partial charge in [-0.2, -0.15) is 0 Å². The van der Waals surface area contributed by atoms with E-state index in [2.05, 4.69) is 10.1 Å². The number of thiazole rings is 1. The molecule has 2 aromatic carbocycles. The van der Waals surface area contributed by atoms with Crippen LogP contribution < -0.4 is 4.90 Å². The number of hydrogen-bond acceptors (Lipinski definition) is 7. The summed E-state index contributed by atoms with van der Waals surface area (Å²) >= 11 is 7.48. The molecule has 2 aromatic heterocycles. The molecule has 1 N–H and O–H groups in total. The number of carbonyl (C=O) groups is 2. The Bertz CT molecular complexity index is 1320. The zero-order valence-electron chi connectivity index (χ0n) is 17.6. The van der Waals surface area contributed by atoms with Crippen molar-refractivity contribution in [2.24, 2.45) is 0 Å². The zero-order chi connectivity index (χ0) is 23.5. The Hall–Kier alpha value is -3.69. The van der Waals surface area contributed by atoms with E-state index in [9.17, 15) is 9.59 Å². The fourth-order valence-electron chi connectivity index (χ4n) is 3.22. The normalized spacial score (nSPS) is 10.8. The molecule has 4 rings (SSSR count). The number of carboxylic acid groups (broad SMARTS) is 1. The lowest BCUT2D eigenvalue weighted by atomic mass is 10.1. The van der Waals surface area contributed by atoms with Crippen molar-refractivity contribution in [3.63, 3.8) is 0 Å². The molecular formula is C23H18ClN3O5S. The van der Waals surface area contributed by atoms with Crippen LogP contribution in [0.25, 0.3) is 21.9 Å². The Morgan fingerprint density at radius 1 is 1.15 bits per heavy atom. The summed E-state index contributed by atoms with van der Waals surface area (Å²) in [5, 5.41) is 14.1. The molecular weight excluding hydrogens is 466 g/mol. The van der Waals surface area contributed by atoms with Crippen LogP contribution in [0.4, 0.5) is 16.2 Å². The summed E-state index contributed by atoms with van der Waals surface area (Å²) in [7, 11) is 0. The average molecular weight is 484 g/mol. The smallest absolute Gasteiger partial charge is 0.419 e. The molecule has 33 heavy (non-hydrogen) atoms. The van der Waals surface area contributed by atoms with E-state index < -0.39 is 12.1 Å². The van der Waals surface area contributed by atoms with Crippen LogP contribution in [-0.4, -0.2) is 33.9 Å². The van der Waals surface area contributed by atoms with E-state index in [1.54, 1.807) is 62.4 Å². The Morgan fingerprint density at radius 3 is 2.48 bits per heavy atom. The highest BCUT2D eigenvalue weighted by Gasteiger charge is 2.30. The molecule has 0 aliphatic rings. The van der Waals surface area contributed by atoms with Crippen LogP contribution in [-0.2, 0) is 4.74 Å². The number of rotatable bonds is 6. The first-order chi connectivity index (χ1) is 15.9. The van der Waals surface area contributed by atoms with E-state index >= 15 is 0 Å². The third-order valence-corrected chi connectivity index (χ3v) is 6.06. The third kappa shape index (κ3) is 4.46. The van der Waals surface area contributed by atoms with Crippen molar-refractivity contribution in [2.75, 3.05) is 11.5 Å². The predicted molar refractivity (Wildman–Crippen MR) is 125 cm³/mol. The Balaban J connectivity index is 1.77. The Kier molecular flexibility index (Phi) is 6.43. The maximum atomic E-state index is 12.9. The monoisotopic (exact) mass is 483 g/mol. The number of aromatic nitrogens is 2. The van der Waals surface area contributed by atoms with Gasteiger partial charge >= 0.3 is 12.1 Å². The number of benzene rings is 2. The van der Waals surface area contributed by atoms with Gasteiger partial charge in [0.2, 0.25) is 0 Å². The van der Waals surface area contributed by atoms with E-state index in [4.69, 9.17) is 26.0 Å². The van der Waals surface area contributed by atoms with Crippen LogP contribution in [0.1, 0.15) is 22.3 Å². The number of carboxylic acids is 1. The summed E-state index contributed by atoms with van der Waals surface area (Å²) in [6, 6.07) is 14.1. The highest BCUT2D eigenvalue weighted by Crippen LogP contribution is 2.41. The van der Waals surface area contributed by atoms with E-state index in [1.807, 2.05) is 0 Å². The lowest BCUT2D eigenvalue weighted by Crippen LogP contribution is -2.27. The Morgan fingerprint density at radius 2 is 1.85 bits per heavy atom. The zero-order valence-corrected chi connectivity index (χ0v) is 19.2. The van der Waals surface area contributed by atoms with Crippen LogP contribution >= 0.6 is 22.9 Å². The topological polar surface area (TPSA) is 106 Å². The van der Waals surface area contributed by atoms with Gasteiger partial charge in [0.25, 0.3) is 0 Å². The van der Waals surface area contributed by atoms with Crippen molar-refractivity contribution in [3.05, 3.63) is 70.3 Å². The van der Waals surface area contributed by atoms with E-state index in [-0.39, 0.29) is 11.5 Å².